The van der Waals surface area contributed by atoms with Gasteiger partial charge in [-0.3, -0.25) is 0 Å². The van der Waals surface area contributed by atoms with Crippen LogP contribution < -0.4 is 14.8 Å². The highest BCUT2D eigenvalue weighted by Gasteiger charge is 2.12. The Morgan fingerprint density at radius 3 is 2.60 bits per heavy atom. The van der Waals surface area contributed by atoms with Crippen molar-refractivity contribution in [2.75, 3.05) is 13.7 Å². The molecule has 0 unspecified atom stereocenters. The standard InChI is InChI=1S/C20H25Cl2NO2/c1-3-4-5-11-23-13-15-7-6-8-19(24-2)20(15)25-14-16-9-10-17(21)12-18(16)22/h6-10,12,23H,3-5,11,13-14H2,1-2H3. The first-order valence-corrected chi connectivity index (χ1v) is 9.34. The summed E-state index contributed by atoms with van der Waals surface area (Å²) in [5.41, 5.74) is 1.96. The highest BCUT2D eigenvalue weighted by molar-refractivity contribution is 6.35. The second-order valence-electron chi connectivity index (χ2n) is 5.86. The molecule has 0 fully saturated rings. The number of benzene rings is 2. The van der Waals surface area contributed by atoms with E-state index in [-0.39, 0.29) is 0 Å². The molecule has 0 saturated carbocycles. The van der Waals surface area contributed by atoms with Crippen molar-refractivity contribution in [3.63, 3.8) is 0 Å². The summed E-state index contributed by atoms with van der Waals surface area (Å²) in [6.45, 7) is 4.30. The molecule has 0 aliphatic rings. The molecule has 0 saturated heterocycles. The molecule has 2 aromatic rings. The molecule has 0 aliphatic heterocycles. The van der Waals surface area contributed by atoms with Crippen molar-refractivity contribution in [1.29, 1.82) is 0 Å². The van der Waals surface area contributed by atoms with Crippen LogP contribution >= 0.6 is 23.2 Å². The topological polar surface area (TPSA) is 30.5 Å². The fourth-order valence-electron chi connectivity index (χ4n) is 2.54. The van der Waals surface area contributed by atoms with Crippen LogP contribution in [0.3, 0.4) is 0 Å². The van der Waals surface area contributed by atoms with Gasteiger partial charge in [-0.25, -0.2) is 0 Å². The maximum absolute atomic E-state index is 6.23. The van der Waals surface area contributed by atoms with Gasteiger partial charge in [0.15, 0.2) is 11.5 Å². The van der Waals surface area contributed by atoms with Crippen molar-refractivity contribution in [2.45, 2.75) is 39.3 Å². The van der Waals surface area contributed by atoms with Gasteiger partial charge in [-0.05, 0) is 31.2 Å². The minimum atomic E-state index is 0.360. The number of nitrogens with one attached hydrogen (secondary N) is 1. The van der Waals surface area contributed by atoms with Crippen LogP contribution in [0.2, 0.25) is 10.0 Å². The summed E-state index contributed by atoms with van der Waals surface area (Å²) >= 11 is 12.2. The molecule has 0 bridgehead atoms. The van der Waals surface area contributed by atoms with Gasteiger partial charge in [-0.1, -0.05) is 61.2 Å². The Hall–Kier alpha value is -1.42. The number of rotatable bonds is 10. The SMILES string of the molecule is CCCCCNCc1cccc(OC)c1OCc1ccc(Cl)cc1Cl. The van der Waals surface area contributed by atoms with Crippen molar-refractivity contribution in [3.8, 4) is 11.5 Å². The van der Waals surface area contributed by atoms with Crippen molar-refractivity contribution in [2.24, 2.45) is 0 Å². The van der Waals surface area contributed by atoms with E-state index in [0.29, 0.717) is 16.7 Å². The van der Waals surface area contributed by atoms with Gasteiger partial charge in [-0.2, -0.15) is 0 Å². The van der Waals surface area contributed by atoms with Crippen molar-refractivity contribution in [1.82, 2.24) is 5.32 Å². The third-order valence-corrected chi connectivity index (χ3v) is 4.53. The third-order valence-electron chi connectivity index (χ3n) is 3.94. The Morgan fingerprint density at radius 2 is 1.88 bits per heavy atom. The Kier molecular flexibility index (Phi) is 8.39. The highest BCUT2D eigenvalue weighted by Crippen LogP contribution is 2.32. The molecule has 2 aromatic carbocycles. The van der Waals surface area contributed by atoms with Gasteiger partial charge in [0, 0.05) is 27.7 Å². The van der Waals surface area contributed by atoms with E-state index in [0.717, 1.165) is 35.7 Å². The van der Waals surface area contributed by atoms with E-state index in [9.17, 15) is 0 Å². The number of methoxy groups -OCH3 is 1. The van der Waals surface area contributed by atoms with Gasteiger partial charge in [0.1, 0.15) is 6.61 Å². The van der Waals surface area contributed by atoms with Gasteiger partial charge < -0.3 is 14.8 Å². The number of unbranched alkanes of at least 4 members (excludes halogenated alkanes) is 2. The second-order valence-corrected chi connectivity index (χ2v) is 6.70. The van der Waals surface area contributed by atoms with Crippen molar-refractivity contribution in [3.05, 3.63) is 57.6 Å². The normalized spacial score (nSPS) is 10.7. The molecular formula is C20H25Cl2NO2. The van der Waals surface area contributed by atoms with E-state index < -0.39 is 0 Å². The predicted octanol–water partition coefficient (Wildman–Crippen LogP) is 5.86. The Labute approximate surface area is 160 Å². The van der Waals surface area contributed by atoms with Gasteiger partial charge in [0.2, 0.25) is 0 Å². The predicted molar refractivity (Wildman–Crippen MR) is 105 cm³/mol. The molecule has 25 heavy (non-hydrogen) atoms. The average Bonchev–Trinajstić information content (AvgIpc) is 2.61. The van der Waals surface area contributed by atoms with Gasteiger partial charge in [0.05, 0.1) is 7.11 Å². The zero-order valence-electron chi connectivity index (χ0n) is 14.8. The summed E-state index contributed by atoms with van der Waals surface area (Å²) in [5, 5.41) is 4.68. The van der Waals surface area contributed by atoms with Crippen molar-refractivity contribution >= 4 is 23.2 Å². The molecule has 0 radical (unpaired) electrons. The van der Waals surface area contributed by atoms with Crippen LogP contribution in [0, 0.1) is 0 Å². The van der Waals surface area contributed by atoms with Crippen LogP contribution in [0.1, 0.15) is 37.3 Å². The van der Waals surface area contributed by atoms with E-state index in [4.69, 9.17) is 32.7 Å². The van der Waals surface area contributed by atoms with E-state index in [1.54, 1.807) is 13.2 Å². The summed E-state index contributed by atoms with van der Waals surface area (Å²) < 4.78 is 11.5. The molecule has 0 amide bonds. The zero-order valence-corrected chi connectivity index (χ0v) is 16.3. The molecule has 0 aliphatic carbocycles. The third kappa shape index (κ3) is 6.10. The van der Waals surface area contributed by atoms with Crippen LogP contribution in [0.5, 0.6) is 11.5 Å². The first-order valence-electron chi connectivity index (χ1n) is 8.59. The average molecular weight is 382 g/mol. The van der Waals surface area contributed by atoms with Crippen LogP contribution in [0.25, 0.3) is 0 Å². The molecule has 5 heteroatoms. The van der Waals surface area contributed by atoms with Crippen LogP contribution in [0.4, 0.5) is 0 Å². The summed E-state index contributed by atoms with van der Waals surface area (Å²) in [5.74, 6) is 1.47. The monoisotopic (exact) mass is 381 g/mol. The van der Waals surface area contributed by atoms with Crippen LogP contribution in [0.15, 0.2) is 36.4 Å². The molecule has 0 atom stereocenters. The lowest BCUT2D eigenvalue weighted by Crippen LogP contribution is -2.15. The number of ether oxygens (including phenoxy) is 2. The summed E-state index contributed by atoms with van der Waals surface area (Å²) in [6.07, 6.45) is 3.64. The maximum Gasteiger partial charge on any atom is 0.166 e. The van der Waals surface area contributed by atoms with Crippen molar-refractivity contribution < 1.29 is 9.47 Å². The number of hydrogen-bond acceptors (Lipinski definition) is 3. The number of hydrogen-bond donors (Lipinski definition) is 1. The fourth-order valence-corrected chi connectivity index (χ4v) is 3.00. The largest absolute Gasteiger partial charge is 0.493 e. The van der Waals surface area contributed by atoms with Gasteiger partial charge in [-0.15, -0.1) is 0 Å². The Balaban J connectivity index is 2.06. The second kappa shape index (κ2) is 10.5. The molecular weight excluding hydrogens is 357 g/mol. The quantitative estimate of drug-likeness (QED) is 0.522. The van der Waals surface area contributed by atoms with E-state index >= 15 is 0 Å². The highest BCUT2D eigenvalue weighted by atomic mass is 35.5. The van der Waals surface area contributed by atoms with Crippen LogP contribution in [-0.4, -0.2) is 13.7 Å². The van der Waals surface area contributed by atoms with Gasteiger partial charge >= 0.3 is 0 Å². The molecule has 3 nitrogen and oxygen atoms in total. The first-order chi connectivity index (χ1) is 12.2. The van der Waals surface area contributed by atoms with E-state index in [1.807, 2.05) is 30.3 Å². The molecule has 0 heterocycles. The fraction of sp³-hybridized carbons (Fsp3) is 0.400. The first kappa shape index (κ1) is 19.9. The molecule has 2 rings (SSSR count). The smallest absolute Gasteiger partial charge is 0.166 e. The lowest BCUT2D eigenvalue weighted by Gasteiger charge is -2.16. The molecule has 136 valence electrons. The summed E-state index contributed by atoms with van der Waals surface area (Å²) in [7, 11) is 1.65. The minimum absolute atomic E-state index is 0.360. The zero-order chi connectivity index (χ0) is 18.1. The molecule has 0 aromatic heterocycles. The maximum atomic E-state index is 6.23. The Bertz CT molecular complexity index is 677. The van der Waals surface area contributed by atoms with Gasteiger partial charge in [0.25, 0.3) is 0 Å². The van der Waals surface area contributed by atoms with Crippen LogP contribution in [-0.2, 0) is 13.2 Å². The molecule has 0 spiro atoms. The molecule has 1 N–H and O–H groups in total. The number of halogens is 2. The number of para-hydroxylation sites is 1. The lowest BCUT2D eigenvalue weighted by molar-refractivity contribution is 0.280. The lowest BCUT2D eigenvalue weighted by atomic mass is 10.1. The Morgan fingerprint density at radius 1 is 1.04 bits per heavy atom. The minimum Gasteiger partial charge on any atom is -0.493 e. The van der Waals surface area contributed by atoms with E-state index in [2.05, 4.69) is 12.2 Å². The summed E-state index contributed by atoms with van der Waals surface area (Å²) in [6, 6.07) is 11.3. The summed E-state index contributed by atoms with van der Waals surface area (Å²) in [4.78, 5) is 0. The van der Waals surface area contributed by atoms with E-state index in [1.165, 1.54) is 19.3 Å².